The van der Waals surface area contributed by atoms with Crippen LogP contribution >= 0.6 is 0 Å². The van der Waals surface area contributed by atoms with Gasteiger partial charge in [-0.25, -0.2) is 4.98 Å². The number of hydrogen-bond donors (Lipinski definition) is 2. The fourth-order valence-corrected chi connectivity index (χ4v) is 4.88. The number of carbonyl (C=O) groups is 1. The average molecular weight is 407 g/mol. The summed E-state index contributed by atoms with van der Waals surface area (Å²) < 4.78 is 0. The van der Waals surface area contributed by atoms with Crippen molar-refractivity contribution >= 4 is 29.0 Å². The molecule has 3 aliphatic rings. The molecule has 30 heavy (non-hydrogen) atoms. The molecule has 0 spiro atoms. The van der Waals surface area contributed by atoms with Gasteiger partial charge < -0.3 is 15.5 Å². The van der Waals surface area contributed by atoms with Crippen molar-refractivity contribution in [1.82, 2.24) is 15.3 Å². The van der Waals surface area contributed by atoms with Crippen LogP contribution in [0, 0.1) is 0 Å². The lowest BCUT2D eigenvalue weighted by Gasteiger charge is -2.29. The highest BCUT2D eigenvalue weighted by Gasteiger charge is 2.48. The molecule has 5 rings (SSSR count). The van der Waals surface area contributed by atoms with Crippen molar-refractivity contribution in [2.24, 2.45) is 0 Å². The first-order valence-electron chi connectivity index (χ1n) is 11.1. The maximum Gasteiger partial charge on any atom is 0.238 e. The lowest BCUT2D eigenvalue weighted by atomic mass is 9.88. The molecule has 1 aromatic carbocycles. The standard InChI is InChI=1S/C23H30N6O/c1-23(2)19-15-25-22(27-20(19)29(21(23)30)18-5-3-4-6-18)26-16-7-9-17(10-8-16)28-13-11-24-12-14-28/h7-10,15,18,24H,3-6,11-14H2,1-2H3,(H,25,26,27). The summed E-state index contributed by atoms with van der Waals surface area (Å²) in [6.45, 7) is 8.07. The van der Waals surface area contributed by atoms with Crippen LogP contribution in [-0.4, -0.2) is 48.1 Å². The number of carbonyl (C=O) groups excluding carboxylic acids is 1. The molecule has 1 saturated carbocycles. The highest BCUT2D eigenvalue weighted by molar-refractivity contribution is 6.07. The minimum atomic E-state index is -0.568. The van der Waals surface area contributed by atoms with E-state index < -0.39 is 5.41 Å². The molecule has 0 unspecified atom stereocenters. The van der Waals surface area contributed by atoms with Crippen LogP contribution in [0.3, 0.4) is 0 Å². The van der Waals surface area contributed by atoms with E-state index in [9.17, 15) is 4.79 Å². The van der Waals surface area contributed by atoms with Crippen LogP contribution in [0.5, 0.6) is 0 Å². The smallest absolute Gasteiger partial charge is 0.238 e. The Morgan fingerprint density at radius 2 is 1.80 bits per heavy atom. The number of hydrogen-bond acceptors (Lipinski definition) is 6. The molecular formula is C23H30N6O. The number of nitrogens with zero attached hydrogens (tertiary/aromatic N) is 4. The summed E-state index contributed by atoms with van der Waals surface area (Å²) in [6, 6.07) is 8.67. The Bertz CT molecular complexity index is 929. The third-order valence-electron chi connectivity index (χ3n) is 6.72. The zero-order valence-electron chi connectivity index (χ0n) is 17.8. The van der Waals surface area contributed by atoms with E-state index in [0.717, 1.165) is 56.1 Å². The SMILES string of the molecule is CC1(C)C(=O)N(C2CCCC2)c2nc(Nc3ccc(N4CCNCC4)cc3)ncc21. The second kappa shape index (κ2) is 7.54. The molecule has 0 bridgehead atoms. The summed E-state index contributed by atoms with van der Waals surface area (Å²) in [6.07, 6.45) is 6.30. The van der Waals surface area contributed by atoms with E-state index in [4.69, 9.17) is 4.98 Å². The summed E-state index contributed by atoms with van der Waals surface area (Å²) in [4.78, 5) is 26.8. The van der Waals surface area contributed by atoms with Gasteiger partial charge >= 0.3 is 0 Å². The van der Waals surface area contributed by atoms with Gasteiger partial charge in [-0.05, 0) is 51.0 Å². The highest BCUT2D eigenvalue weighted by atomic mass is 16.2. The lowest BCUT2D eigenvalue weighted by Crippen LogP contribution is -2.43. The van der Waals surface area contributed by atoms with E-state index in [1.54, 1.807) is 0 Å². The summed E-state index contributed by atoms with van der Waals surface area (Å²) in [5, 5.41) is 6.71. The number of piperazine rings is 1. The first-order chi connectivity index (χ1) is 14.5. The van der Waals surface area contributed by atoms with Gasteiger partial charge in [0.05, 0.1) is 5.41 Å². The number of amides is 1. The van der Waals surface area contributed by atoms with Crippen LogP contribution in [0.25, 0.3) is 0 Å². The number of benzene rings is 1. The minimum Gasteiger partial charge on any atom is -0.369 e. The van der Waals surface area contributed by atoms with E-state index in [1.165, 1.54) is 18.5 Å². The molecule has 3 heterocycles. The molecule has 2 aliphatic heterocycles. The van der Waals surface area contributed by atoms with E-state index in [2.05, 4.69) is 44.8 Å². The Labute approximate surface area is 177 Å². The third kappa shape index (κ3) is 3.31. The summed E-state index contributed by atoms with van der Waals surface area (Å²) in [5.41, 5.74) is 2.54. The van der Waals surface area contributed by atoms with Crippen molar-refractivity contribution in [3.8, 4) is 0 Å². The molecule has 2 fully saturated rings. The topological polar surface area (TPSA) is 73.4 Å². The van der Waals surface area contributed by atoms with Gasteiger partial charge in [-0.3, -0.25) is 9.69 Å². The van der Waals surface area contributed by atoms with Crippen molar-refractivity contribution < 1.29 is 4.79 Å². The Hall–Kier alpha value is -2.67. The second-order valence-corrected chi connectivity index (χ2v) is 9.08. The minimum absolute atomic E-state index is 0.149. The molecule has 1 aliphatic carbocycles. The Morgan fingerprint density at radius 3 is 2.50 bits per heavy atom. The maximum atomic E-state index is 13.2. The van der Waals surface area contributed by atoms with Crippen LogP contribution < -0.4 is 20.4 Å². The fraction of sp³-hybridized carbons (Fsp3) is 0.522. The molecule has 7 nitrogen and oxygen atoms in total. The summed E-state index contributed by atoms with van der Waals surface area (Å²) in [5.74, 6) is 1.47. The molecule has 0 radical (unpaired) electrons. The largest absolute Gasteiger partial charge is 0.369 e. The van der Waals surface area contributed by atoms with Crippen molar-refractivity contribution in [3.05, 3.63) is 36.0 Å². The normalized spacial score (nSPS) is 21.2. The second-order valence-electron chi connectivity index (χ2n) is 9.08. The van der Waals surface area contributed by atoms with Gasteiger partial charge in [0.15, 0.2) is 0 Å². The zero-order chi connectivity index (χ0) is 20.7. The number of aromatic nitrogens is 2. The Morgan fingerprint density at radius 1 is 1.10 bits per heavy atom. The van der Waals surface area contributed by atoms with Gasteiger partial charge in [-0.2, -0.15) is 4.98 Å². The number of nitrogens with one attached hydrogen (secondary N) is 2. The van der Waals surface area contributed by atoms with E-state index in [1.807, 2.05) is 24.9 Å². The van der Waals surface area contributed by atoms with Gasteiger partial charge in [-0.1, -0.05) is 12.8 Å². The zero-order valence-corrected chi connectivity index (χ0v) is 17.8. The maximum absolute atomic E-state index is 13.2. The molecule has 2 N–H and O–H groups in total. The van der Waals surface area contributed by atoms with Crippen LogP contribution in [0.2, 0.25) is 0 Å². The Kier molecular flexibility index (Phi) is 4.85. The van der Waals surface area contributed by atoms with Gasteiger partial charge in [0.25, 0.3) is 0 Å². The number of anilines is 4. The van der Waals surface area contributed by atoms with E-state index >= 15 is 0 Å². The third-order valence-corrected chi connectivity index (χ3v) is 6.72. The average Bonchev–Trinajstić information content (AvgIpc) is 3.35. The number of fused-ring (bicyclic) bond motifs is 1. The highest BCUT2D eigenvalue weighted by Crippen LogP contribution is 2.43. The van der Waals surface area contributed by atoms with E-state index in [-0.39, 0.29) is 11.9 Å². The molecule has 7 heteroatoms. The predicted molar refractivity (Wildman–Crippen MR) is 120 cm³/mol. The Balaban J connectivity index is 1.38. The molecule has 0 atom stereocenters. The van der Waals surface area contributed by atoms with Gasteiger partial charge in [0.1, 0.15) is 5.82 Å². The molecule has 1 saturated heterocycles. The first kappa shape index (κ1) is 19.3. The quantitative estimate of drug-likeness (QED) is 0.812. The van der Waals surface area contributed by atoms with Crippen LogP contribution in [-0.2, 0) is 10.2 Å². The van der Waals surface area contributed by atoms with Crippen molar-refractivity contribution in [2.75, 3.05) is 41.3 Å². The fourth-order valence-electron chi connectivity index (χ4n) is 4.88. The van der Waals surface area contributed by atoms with Gasteiger partial charge in [0, 0.05) is 55.4 Å². The van der Waals surface area contributed by atoms with Crippen LogP contribution in [0.4, 0.5) is 23.1 Å². The van der Waals surface area contributed by atoms with Crippen molar-refractivity contribution in [3.63, 3.8) is 0 Å². The molecule has 158 valence electrons. The van der Waals surface area contributed by atoms with E-state index in [0.29, 0.717) is 5.95 Å². The predicted octanol–water partition coefficient (Wildman–Crippen LogP) is 3.20. The molecule has 1 aromatic heterocycles. The molecule has 2 aromatic rings. The van der Waals surface area contributed by atoms with Gasteiger partial charge in [-0.15, -0.1) is 0 Å². The van der Waals surface area contributed by atoms with Crippen molar-refractivity contribution in [1.29, 1.82) is 0 Å². The summed E-state index contributed by atoms with van der Waals surface area (Å²) in [7, 11) is 0. The number of rotatable bonds is 4. The summed E-state index contributed by atoms with van der Waals surface area (Å²) >= 11 is 0. The molecular weight excluding hydrogens is 376 g/mol. The lowest BCUT2D eigenvalue weighted by molar-refractivity contribution is -0.122. The molecule has 1 amide bonds. The van der Waals surface area contributed by atoms with Gasteiger partial charge in [0.2, 0.25) is 11.9 Å². The van der Waals surface area contributed by atoms with Crippen LogP contribution in [0.1, 0.15) is 45.1 Å². The first-order valence-corrected chi connectivity index (χ1v) is 11.1. The van der Waals surface area contributed by atoms with Crippen LogP contribution in [0.15, 0.2) is 30.5 Å². The monoisotopic (exact) mass is 406 g/mol. The van der Waals surface area contributed by atoms with Crippen molar-refractivity contribution in [2.45, 2.75) is 51.0 Å².